The Balaban J connectivity index is 1.77. The molecule has 2 aromatic carbocycles. The van der Waals surface area contributed by atoms with Crippen molar-refractivity contribution in [1.29, 1.82) is 0 Å². The Kier molecular flexibility index (Phi) is 6.74. The highest BCUT2D eigenvalue weighted by molar-refractivity contribution is 9.10. The van der Waals surface area contributed by atoms with Crippen LogP contribution in [0.25, 0.3) is 0 Å². The molecule has 1 fully saturated rings. The van der Waals surface area contributed by atoms with Crippen molar-refractivity contribution >= 4 is 21.7 Å². The molecule has 5 nitrogen and oxygen atoms in total. The Morgan fingerprint density at radius 2 is 1.96 bits per heavy atom. The number of carbonyl (C=O) groups is 1. The van der Waals surface area contributed by atoms with Gasteiger partial charge in [0.15, 0.2) is 12.1 Å². The maximum atomic E-state index is 12.9. The Morgan fingerprint density at radius 1 is 1.11 bits per heavy atom. The molecular weight excluding hydrogens is 412 g/mol. The molecule has 0 aromatic heterocycles. The number of hydrogen-bond donors (Lipinski definition) is 0. The van der Waals surface area contributed by atoms with E-state index in [-0.39, 0.29) is 18.5 Å². The Morgan fingerprint density at radius 3 is 2.67 bits per heavy atom. The zero-order valence-electron chi connectivity index (χ0n) is 15.5. The van der Waals surface area contributed by atoms with Gasteiger partial charge in [-0.05, 0) is 54.8 Å². The van der Waals surface area contributed by atoms with Gasteiger partial charge in [0.25, 0.3) is 0 Å². The summed E-state index contributed by atoms with van der Waals surface area (Å²) in [6, 6.07) is 10.9. The highest BCUT2D eigenvalue weighted by Gasteiger charge is 2.18. The van der Waals surface area contributed by atoms with Crippen LogP contribution in [0.4, 0.5) is 0 Å². The van der Waals surface area contributed by atoms with Gasteiger partial charge >= 0.3 is 0 Å². The van der Waals surface area contributed by atoms with Crippen LogP contribution in [0.5, 0.6) is 17.2 Å². The average molecular weight is 435 g/mol. The summed E-state index contributed by atoms with van der Waals surface area (Å²) in [5.41, 5.74) is 1.35. The molecule has 1 atom stereocenters. The van der Waals surface area contributed by atoms with Crippen LogP contribution in [0.2, 0.25) is 0 Å². The third-order valence-corrected chi connectivity index (χ3v) is 4.87. The molecule has 1 heterocycles. The molecule has 6 heteroatoms. The maximum Gasteiger partial charge on any atom is 0.199 e. The van der Waals surface area contributed by atoms with Crippen LogP contribution in [0.3, 0.4) is 0 Å². The lowest BCUT2D eigenvalue weighted by Crippen LogP contribution is -2.25. The van der Waals surface area contributed by atoms with E-state index >= 15 is 0 Å². The molecule has 1 unspecified atom stereocenters. The monoisotopic (exact) mass is 434 g/mol. The summed E-state index contributed by atoms with van der Waals surface area (Å²) < 4.78 is 23.0. The van der Waals surface area contributed by atoms with Crippen molar-refractivity contribution < 1.29 is 23.7 Å². The lowest BCUT2D eigenvalue weighted by molar-refractivity contribution is -0.105. The third kappa shape index (κ3) is 5.23. The van der Waals surface area contributed by atoms with Gasteiger partial charge in [-0.1, -0.05) is 15.9 Å². The first-order valence-electron chi connectivity index (χ1n) is 8.92. The summed E-state index contributed by atoms with van der Waals surface area (Å²) in [5, 5.41) is 0. The Labute approximate surface area is 167 Å². The molecule has 27 heavy (non-hydrogen) atoms. The average Bonchev–Trinajstić information content (AvgIpc) is 2.67. The number of methoxy groups -OCH3 is 2. The van der Waals surface area contributed by atoms with Gasteiger partial charge in [-0.15, -0.1) is 0 Å². The molecule has 0 aliphatic carbocycles. The number of benzene rings is 2. The predicted octanol–water partition coefficient (Wildman–Crippen LogP) is 4.80. The van der Waals surface area contributed by atoms with Crippen LogP contribution in [-0.2, 0) is 11.2 Å². The quantitative estimate of drug-likeness (QED) is 0.585. The second-order valence-electron chi connectivity index (χ2n) is 6.38. The summed E-state index contributed by atoms with van der Waals surface area (Å²) in [6.07, 6.45) is 3.04. The van der Waals surface area contributed by atoms with Gasteiger partial charge in [-0.25, -0.2) is 0 Å². The number of rotatable bonds is 7. The van der Waals surface area contributed by atoms with Crippen LogP contribution < -0.4 is 14.2 Å². The second-order valence-corrected chi connectivity index (χ2v) is 7.29. The van der Waals surface area contributed by atoms with Crippen molar-refractivity contribution in [2.45, 2.75) is 32.0 Å². The van der Waals surface area contributed by atoms with E-state index in [0.717, 1.165) is 35.9 Å². The molecule has 0 spiro atoms. The molecule has 2 aromatic rings. The maximum absolute atomic E-state index is 12.9. The van der Waals surface area contributed by atoms with E-state index in [9.17, 15) is 4.79 Å². The van der Waals surface area contributed by atoms with Gasteiger partial charge in [-0.2, -0.15) is 0 Å². The summed E-state index contributed by atoms with van der Waals surface area (Å²) in [4.78, 5) is 12.9. The minimum Gasteiger partial charge on any atom is -0.497 e. The van der Waals surface area contributed by atoms with Crippen molar-refractivity contribution in [1.82, 2.24) is 0 Å². The van der Waals surface area contributed by atoms with Gasteiger partial charge in [0.2, 0.25) is 0 Å². The Hall–Kier alpha value is -2.05. The van der Waals surface area contributed by atoms with Crippen LogP contribution in [0.1, 0.15) is 35.2 Å². The van der Waals surface area contributed by atoms with Gasteiger partial charge in [-0.3, -0.25) is 4.79 Å². The molecule has 1 aliphatic rings. The standard InChI is InChI=1S/C21H23BrO5/c1-24-16-6-7-20(25-2)18(13-16)19(23)11-14-9-15(22)12-17(10-14)27-21-5-3-4-8-26-21/h6-7,9-10,12-13,21H,3-5,8,11H2,1-2H3. The van der Waals surface area contributed by atoms with Crippen LogP contribution in [-0.4, -0.2) is 32.9 Å². The zero-order valence-corrected chi connectivity index (χ0v) is 17.1. The van der Waals surface area contributed by atoms with Crippen molar-refractivity contribution in [2.75, 3.05) is 20.8 Å². The highest BCUT2D eigenvalue weighted by atomic mass is 79.9. The fourth-order valence-electron chi connectivity index (χ4n) is 3.06. The molecule has 1 aliphatic heterocycles. The van der Waals surface area contributed by atoms with Crippen LogP contribution in [0, 0.1) is 0 Å². The molecule has 1 saturated heterocycles. The van der Waals surface area contributed by atoms with Crippen molar-refractivity contribution in [3.63, 3.8) is 0 Å². The van der Waals surface area contributed by atoms with Crippen LogP contribution in [0.15, 0.2) is 40.9 Å². The molecule has 0 saturated carbocycles. The minimum atomic E-state index is -0.227. The third-order valence-electron chi connectivity index (χ3n) is 4.41. The topological polar surface area (TPSA) is 54.0 Å². The first kappa shape index (κ1) is 19.7. The summed E-state index contributed by atoms with van der Waals surface area (Å²) in [6.45, 7) is 0.722. The smallest absolute Gasteiger partial charge is 0.199 e. The molecule has 3 rings (SSSR count). The van der Waals surface area contributed by atoms with E-state index in [1.165, 1.54) is 0 Å². The second kappa shape index (κ2) is 9.24. The predicted molar refractivity (Wildman–Crippen MR) is 106 cm³/mol. The number of Topliss-reactive ketones (excluding diaryl/α,β-unsaturated/α-hetero) is 1. The van der Waals surface area contributed by atoms with Gasteiger partial charge in [0.1, 0.15) is 17.2 Å². The molecule has 0 bridgehead atoms. The van der Waals surface area contributed by atoms with Crippen molar-refractivity contribution in [3.8, 4) is 17.2 Å². The largest absolute Gasteiger partial charge is 0.497 e. The van der Waals surface area contributed by atoms with Crippen LogP contribution >= 0.6 is 15.9 Å². The van der Waals surface area contributed by atoms with E-state index < -0.39 is 0 Å². The van der Waals surface area contributed by atoms with E-state index in [1.807, 2.05) is 18.2 Å². The van der Waals surface area contributed by atoms with E-state index in [0.29, 0.717) is 22.8 Å². The van der Waals surface area contributed by atoms with E-state index in [4.69, 9.17) is 18.9 Å². The normalized spacial score (nSPS) is 16.6. The molecule has 0 N–H and O–H groups in total. The Bertz CT molecular complexity index is 799. The van der Waals surface area contributed by atoms with E-state index in [2.05, 4.69) is 15.9 Å². The SMILES string of the molecule is COc1ccc(OC)c(C(=O)Cc2cc(Br)cc(OC3CCCCO3)c2)c1. The molecular formula is C21H23BrO5. The highest BCUT2D eigenvalue weighted by Crippen LogP contribution is 2.28. The first-order valence-corrected chi connectivity index (χ1v) is 9.71. The first-order chi connectivity index (χ1) is 13.1. The summed E-state index contributed by atoms with van der Waals surface area (Å²) >= 11 is 3.50. The number of carbonyl (C=O) groups excluding carboxylic acids is 1. The van der Waals surface area contributed by atoms with Gasteiger partial charge in [0, 0.05) is 17.3 Å². The zero-order chi connectivity index (χ0) is 19.2. The fraction of sp³-hybridized carbons (Fsp3) is 0.381. The minimum absolute atomic E-state index is 0.0521. The summed E-state index contributed by atoms with van der Waals surface area (Å²) in [5.74, 6) is 1.79. The fourth-order valence-corrected chi connectivity index (χ4v) is 3.58. The van der Waals surface area contributed by atoms with Gasteiger partial charge in [0.05, 0.1) is 26.4 Å². The number of hydrogen-bond acceptors (Lipinski definition) is 5. The lowest BCUT2D eigenvalue weighted by atomic mass is 10.0. The number of ether oxygens (including phenoxy) is 4. The number of ketones is 1. The van der Waals surface area contributed by atoms with Crippen molar-refractivity contribution in [2.24, 2.45) is 0 Å². The molecule has 0 amide bonds. The van der Waals surface area contributed by atoms with Gasteiger partial charge < -0.3 is 18.9 Å². The lowest BCUT2D eigenvalue weighted by Gasteiger charge is -2.23. The molecule has 144 valence electrons. The van der Waals surface area contributed by atoms with Crippen molar-refractivity contribution in [3.05, 3.63) is 52.0 Å². The number of halogens is 1. The summed E-state index contributed by atoms with van der Waals surface area (Å²) in [7, 11) is 3.12. The molecule has 0 radical (unpaired) electrons. The van der Waals surface area contributed by atoms with E-state index in [1.54, 1.807) is 32.4 Å².